The zero-order valence-corrected chi connectivity index (χ0v) is 14.3. The molecule has 0 bridgehead atoms. The van der Waals surface area contributed by atoms with Gasteiger partial charge in [0.15, 0.2) is 0 Å². The Balaban J connectivity index is 0. The summed E-state index contributed by atoms with van der Waals surface area (Å²) in [7, 11) is 0. The van der Waals surface area contributed by atoms with Gasteiger partial charge in [-0.3, -0.25) is 4.98 Å². The highest BCUT2D eigenvalue weighted by Crippen LogP contribution is 2.18. The first-order valence-electron chi connectivity index (χ1n) is 7.52. The zero-order chi connectivity index (χ0) is 15.4. The van der Waals surface area contributed by atoms with Crippen LogP contribution in [0.15, 0.2) is 24.3 Å². The van der Waals surface area contributed by atoms with Gasteiger partial charge in [-0.1, -0.05) is 59.7 Å². The highest BCUT2D eigenvalue weighted by atomic mass is 14.7. The topological polar surface area (TPSA) is 12.9 Å². The molecule has 1 aromatic carbocycles. The van der Waals surface area contributed by atoms with Gasteiger partial charge in [-0.15, -0.1) is 0 Å². The molecule has 1 heteroatoms. The van der Waals surface area contributed by atoms with Crippen LogP contribution in [0.5, 0.6) is 0 Å². The number of benzene rings is 1. The van der Waals surface area contributed by atoms with Crippen LogP contribution in [0.3, 0.4) is 0 Å². The van der Waals surface area contributed by atoms with E-state index in [-0.39, 0.29) is 0 Å². The number of hydrogen-bond acceptors (Lipinski definition) is 1. The Hall–Kier alpha value is -1.37. The Kier molecular flexibility index (Phi) is 12.3. The fraction of sp³-hybridized carbons (Fsp3) is 0.500. The Morgan fingerprint density at radius 2 is 1.26 bits per heavy atom. The molecule has 0 N–H and O–H groups in total. The standard InChI is InChI=1S/C12H13N.3C2H6/c1-8-5-4-6-11-7-9(2)10(3)13-12(8)11;3*1-2/h4-7H,1-3H3;3*1-2H3. The lowest BCUT2D eigenvalue weighted by molar-refractivity contribution is 1.19. The summed E-state index contributed by atoms with van der Waals surface area (Å²) in [6, 6.07) is 8.49. The summed E-state index contributed by atoms with van der Waals surface area (Å²) in [5, 5.41) is 1.24. The Labute approximate surface area is 120 Å². The number of aryl methyl sites for hydroxylation is 3. The van der Waals surface area contributed by atoms with Crippen LogP contribution in [0.4, 0.5) is 0 Å². The monoisotopic (exact) mass is 261 g/mol. The van der Waals surface area contributed by atoms with Gasteiger partial charge in [-0.25, -0.2) is 0 Å². The summed E-state index contributed by atoms with van der Waals surface area (Å²) in [6.45, 7) is 18.3. The van der Waals surface area contributed by atoms with Gasteiger partial charge in [0.25, 0.3) is 0 Å². The van der Waals surface area contributed by atoms with E-state index in [9.17, 15) is 0 Å². The molecule has 1 heterocycles. The van der Waals surface area contributed by atoms with Gasteiger partial charge in [0.1, 0.15) is 0 Å². The fourth-order valence-corrected chi connectivity index (χ4v) is 1.54. The van der Waals surface area contributed by atoms with Crippen molar-refractivity contribution in [1.29, 1.82) is 0 Å². The van der Waals surface area contributed by atoms with Gasteiger partial charge >= 0.3 is 0 Å². The number of nitrogens with zero attached hydrogens (tertiary/aromatic N) is 1. The van der Waals surface area contributed by atoms with Gasteiger partial charge in [0, 0.05) is 11.1 Å². The van der Waals surface area contributed by atoms with Gasteiger partial charge in [0.05, 0.1) is 5.52 Å². The Morgan fingerprint density at radius 1 is 0.737 bits per heavy atom. The van der Waals surface area contributed by atoms with E-state index in [0.717, 1.165) is 11.2 Å². The molecule has 0 saturated heterocycles. The van der Waals surface area contributed by atoms with Crippen molar-refractivity contribution < 1.29 is 0 Å². The first-order chi connectivity index (χ1) is 9.18. The average molecular weight is 261 g/mol. The third-order valence-electron chi connectivity index (χ3n) is 2.49. The van der Waals surface area contributed by atoms with Crippen molar-refractivity contribution in [3.05, 3.63) is 41.1 Å². The number of hydrogen-bond donors (Lipinski definition) is 0. The molecule has 1 aromatic heterocycles. The minimum atomic E-state index is 1.13. The molecule has 2 aromatic rings. The van der Waals surface area contributed by atoms with Crippen molar-refractivity contribution in [3.8, 4) is 0 Å². The fourth-order valence-electron chi connectivity index (χ4n) is 1.54. The molecule has 0 unspecified atom stereocenters. The van der Waals surface area contributed by atoms with E-state index in [1.165, 1.54) is 16.5 Å². The second-order valence-corrected chi connectivity index (χ2v) is 3.54. The van der Waals surface area contributed by atoms with Crippen LogP contribution >= 0.6 is 0 Å². The molecule has 0 radical (unpaired) electrons. The summed E-state index contributed by atoms with van der Waals surface area (Å²) in [5.74, 6) is 0. The minimum Gasteiger partial charge on any atom is -0.253 e. The summed E-state index contributed by atoms with van der Waals surface area (Å²) in [4.78, 5) is 4.57. The van der Waals surface area contributed by atoms with Crippen LogP contribution in [0.1, 0.15) is 58.4 Å². The van der Waals surface area contributed by atoms with E-state index in [1.807, 2.05) is 41.5 Å². The lowest BCUT2D eigenvalue weighted by atomic mass is 10.1. The average Bonchev–Trinajstić information content (AvgIpc) is 2.48. The molecule has 0 aliphatic carbocycles. The van der Waals surface area contributed by atoms with E-state index in [0.29, 0.717) is 0 Å². The maximum absolute atomic E-state index is 4.57. The SMILES string of the molecule is CC.CC.CC.Cc1cc2cccc(C)c2nc1C. The molecule has 1 nitrogen and oxygen atoms in total. The minimum absolute atomic E-state index is 1.13. The molecular formula is C18H31N. The molecule has 0 amide bonds. The third kappa shape index (κ3) is 5.87. The van der Waals surface area contributed by atoms with Crippen LogP contribution in [0.2, 0.25) is 0 Å². The molecule has 0 aliphatic rings. The van der Waals surface area contributed by atoms with E-state index >= 15 is 0 Å². The van der Waals surface area contributed by atoms with Crippen molar-refractivity contribution in [3.63, 3.8) is 0 Å². The first-order valence-corrected chi connectivity index (χ1v) is 7.52. The van der Waals surface area contributed by atoms with Gasteiger partial charge < -0.3 is 0 Å². The summed E-state index contributed by atoms with van der Waals surface area (Å²) in [5.41, 5.74) is 4.77. The lowest BCUT2D eigenvalue weighted by Crippen LogP contribution is -1.89. The second-order valence-electron chi connectivity index (χ2n) is 3.54. The van der Waals surface area contributed by atoms with Crippen molar-refractivity contribution in [2.24, 2.45) is 0 Å². The number of pyridine rings is 1. The summed E-state index contributed by atoms with van der Waals surface area (Å²) in [6.07, 6.45) is 0. The van der Waals surface area contributed by atoms with Crippen LogP contribution in [-0.2, 0) is 0 Å². The summed E-state index contributed by atoms with van der Waals surface area (Å²) >= 11 is 0. The largest absolute Gasteiger partial charge is 0.253 e. The maximum atomic E-state index is 4.57. The van der Waals surface area contributed by atoms with E-state index in [2.05, 4.69) is 50.0 Å². The maximum Gasteiger partial charge on any atom is 0.0734 e. The molecular weight excluding hydrogens is 230 g/mol. The Morgan fingerprint density at radius 3 is 1.79 bits per heavy atom. The Bertz CT molecular complexity index is 458. The van der Waals surface area contributed by atoms with Crippen LogP contribution in [0.25, 0.3) is 10.9 Å². The van der Waals surface area contributed by atoms with E-state index in [4.69, 9.17) is 0 Å². The number of para-hydroxylation sites is 1. The highest BCUT2D eigenvalue weighted by molar-refractivity contribution is 5.82. The molecule has 0 aliphatic heterocycles. The molecule has 0 atom stereocenters. The molecule has 0 fully saturated rings. The predicted octanol–water partition coefficient (Wildman–Crippen LogP) is 6.24. The second kappa shape index (κ2) is 11.7. The van der Waals surface area contributed by atoms with Crippen molar-refractivity contribution >= 4 is 10.9 Å². The number of rotatable bonds is 0. The predicted molar refractivity (Wildman–Crippen MR) is 90.0 cm³/mol. The lowest BCUT2D eigenvalue weighted by Gasteiger charge is -2.04. The van der Waals surface area contributed by atoms with Crippen LogP contribution < -0.4 is 0 Å². The molecule has 2 rings (SSSR count). The molecule has 19 heavy (non-hydrogen) atoms. The third-order valence-corrected chi connectivity index (χ3v) is 2.49. The van der Waals surface area contributed by atoms with Crippen LogP contribution in [0, 0.1) is 20.8 Å². The van der Waals surface area contributed by atoms with Gasteiger partial charge in [0.2, 0.25) is 0 Å². The van der Waals surface area contributed by atoms with Crippen LogP contribution in [-0.4, -0.2) is 4.98 Å². The molecule has 0 spiro atoms. The van der Waals surface area contributed by atoms with E-state index in [1.54, 1.807) is 0 Å². The smallest absolute Gasteiger partial charge is 0.0734 e. The number of fused-ring (bicyclic) bond motifs is 1. The van der Waals surface area contributed by atoms with Crippen molar-refractivity contribution in [2.75, 3.05) is 0 Å². The summed E-state index contributed by atoms with van der Waals surface area (Å²) < 4.78 is 0. The van der Waals surface area contributed by atoms with Gasteiger partial charge in [-0.2, -0.15) is 0 Å². The van der Waals surface area contributed by atoms with Gasteiger partial charge in [-0.05, 0) is 38.0 Å². The van der Waals surface area contributed by atoms with Crippen molar-refractivity contribution in [2.45, 2.75) is 62.3 Å². The first kappa shape index (κ1) is 20.0. The molecule has 0 saturated carbocycles. The quantitative estimate of drug-likeness (QED) is 0.547. The van der Waals surface area contributed by atoms with E-state index < -0.39 is 0 Å². The number of aromatic nitrogens is 1. The van der Waals surface area contributed by atoms with Crippen molar-refractivity contribution in [1.82, 2.24) is 4.98 Å². The highest BCUT2D eigenvalue weighted by Gasteiger charge is 2.00. The zero-order valence-electron chi connectivity index (χ0n) is 14.3. The normalized spacial score (nSPS) is 8.26. The molecule has 108 valence electrons.